The van der Waals surface area contributed by atoms with Gasteiger partial charge in [-0.15, -0.1) is 11.3 Å². The van der Waals surface area contributed by atoms with Crippen LogP contribution in [-0.4, -0.2) is 94.8 Å². The number of thiazole rings is 1. The Balaban J connectivity index is 1.38. The number of pyridine rings is 1. The van der Waals surface area contributed by atoms with E-state index in [-0.39, 0.29) is 38.1 Å². The maximum absolute atomic E-state index is 14.8. The molecule has 1 saturated carbocycles. The van der Waals surface area contributed by atoms with E-state index in [0.717, 1.165) is 24.4 Å². The van der Waals surface area contributed by atoms with Gasteiger partial charge in [-0.25, -0.2) is 14.8 Å². The van der Waals surface area contributed by atoms with Gasteiger partial charge in [0.15, 0.2) is 5.13 Å². The lowest BCUT2D eigenvalue weighted by molar-refractivity contribution is -0.140. The third-order valence-electron chi connectivity index (χ3n) is 10.4. The highest BCUT2D eigenvalue weighted by Crippen LogP contribution is 2.73. The second kappa shape index (κ2) is 18.6. The van der Waals surface area contributed by atoms with Gasteiger partial charge in [0.05, 0.1) is 38.1 Å². The number of rotatable bonds is 12. The van der Waals surface area contributed by atoms with Crippen molar-refractivity contribution in [3.63, 3.8) is 0 Å². The summed E-state index contributed by atoms with van der Waals surface area (Å²) in [6, 6.07) is 5.51. The highest BCUT2D eigenvalue weighted by atomic mass is 32.1. The first-order valence-electron chi connectivity index (χ1n) is 20.6. The van der Waals surface area contributed by atoms with Gasteiger partial charge in [-0.05, 0) is 86.3 Å². The number of alkyl carbamates (subject to hydrolysis) is 1. The number of carbonyl (C=O) groups is 3. The third kappa shape index (κ3) is 10.4. The van der Waals surface area contributed by atoms with Crippen molar-refractivity contribution < 1.29 is 42.2 Å². The molecule has 0 unspecified atom stereocenters. The number of amides is 3. The first kappa shape index (κ1) is 44.3. The van der Waals surface area contributed by atoms with Gasteiger partial charge < -0.3 is 44.1 Å². The highest BCUT2D eigenvalue weighted by molar-refractivity contribution is 7.56. The number of anilines is 1. The molecular formula is C42H59N6O9PS. The van der Waals surface area contributed by atoms with Gasteiger partial charge in [-0.1, -0.05) is 25.0 Å². The summed E-state index contributed by atoms with van der Waals surface area (Å²) in [6.07, 6.45) is 6.52. The van der Waals surface area contributed by atoms with E-state index in [0.29, 0.717) is 53.1 Å². The molecule has 3 aromatic rings. The van der Waals surface area contributed by atoms with Crippen LogP contribution >= 0.6 is 18.9 Å². The Kier molecular flexibility index (Phi) is 14.0. The predicted molar refractivity (Wildman–Crippen MR) is 228 cm³/mol. The minimum absolute atomic E-state index is 0.0305. The Morgan fingerprint density at radius 2 is 1.85 bits per heavy atom. The molecule has 59 heavy (non-hydrogen) atoms. The van der Waals surface area contributed by atoms with Crippen molar-refractivity contribution in [1.29, 1.82) is 0 Å². The molecule has 3 amide bonds. The number of benzene rings is 1. The largest absolute Gasteiger partial charge is 0.497 e. The fraction of sp³-hybridized carbons (Fsp3) is 0.595. The van der Waals surface area contributed by atoms with Crippen molar-refractivity contribution in [2.75, 3.05) is 32.2 Å². The zero-order valence-corrected chi connectivity index (χ0v) is 37.1. The maximum atomic E-state index is 14.8. The minimum Gasteiger partial charge on any atom is -0.497 e. The summed E-state index contributed by atoms with van der Waals surface area (Å²) < 4.78 is 44.1. The van der Waals surface area contributed by atoms with Crippen LogP contribution in [0.15, 0.2) is 41.8 Å². The standard InChI is InChI=1S/C42H59N6O9PS/c1-9-54-58(52,55-10-2)42-23-27(42)16-14-12-11-13-15-17-31(46-40(51)57-41(5,6)7)38(50)48-24-29(21-35(48)37(49)47-42)56-36-22-33(34-25-59-39(45-34)43-26(3)4)44-32-20-28(53-8)18-19-30(32)36/h14,16,18-20,22,25-27,29,31,35H,9-13,15,17,21,23-24H2,1-8H3,(H,43,45)(H,46,51)(H,47,49)/b16-14-/t27-,29-,31+,35+,42+/m1/s1. The van der Waals surface area contributed by atoms with E-state index in [9.17, 15) is 18.9 Å². The van der Waals surface area contributed by atoms with Gasteiger partial charge in [0, 0.05) is 41.3 Å². The first-order chi connectivity index (χ1) is 28.1. The molecule has 17 heteroatoms. The predicted octanol–water partition coefficient (Wildman–Crippen LogP) is 8.05. The average Bonchev–Trinajstić information content (AvgIpc) is 3.44. The van der Waals surface area contributed by atoms with Gasteiger partial charge >= 0.3 is 13.7 Å². The Hall–Kier alpha value is -4.24. The Morgan fingerprint density at radius 3 is 2.54 bits per heavy atom. The zero-order chi connectivity index (χ0) is 42.5. The molecule has 0 bridgehead atoms. The van der Waals surface area contributed by atoms with Crippen molar-refractivity contribution in [2.24, 2.45) is 5.92 Å². The number of nitrogens with zero attached hydrogens (tertiary/aromatic N) is 3. The zero-order valence-electron chi connectivity index (χ0n) is 35.4. The summed E-state index contributed by atoms with van der Waals surface area (Å²) in [7, 11) is -2.28. The smallest absolute Gasteiger partial charge is 0.408 e. The molecular weight excluding hydrogens is 796 g/mol. The Morgan fingerprint density at radius 1 is 1.08 bits per heavy atom. The van der Waals surface area contributed by atoms with E-state index in [1.165, 1.54) is 16.2 Å². The molecule has 6 rings (SSSR count). The SMILES string of the molecule is CCOP(=O)(OCC)[C@@]12C[C@H]1/C=C\CCCCC[C@H](NC(=O)OC(C)(C)C)C(=O)N1C[C@H](Oc3cc(-c4csc(NC(C)C)n4)nc4cc(OC)ccc34)C[C@H]1C(=O)N2. The van der Waals surface area contributed by atoms with Crippen LogP contribution in [0.5, 0.6) is 11.5 Å². The number of hydrogen-bond acceptors (Lipinski definition) is 13. The van der Waals surface area contributed by atoms with Gasteiger partial charge in [0.2, 0.25) is 11.8 Å². The number of methoxy groups -OCH3 is 1. The van der Waals surface area contributed by atoms with E-state index in [1.54, 1.807) is 41.7 Å². The molecule has 15 nitrogen and oxygen atoms in total. The molecule has 1 aromatic carbocycles. The minimum atomic E-state index is -3.87. The fourth-order valence-corrected chi connectivity index (χ4v) is 10.9. The monoisotopic (exact) mass is 854 g/mol. The van der Waals surface area contributed by atoms with Crippen LogP contribution in [0.2, 0.25) is 0 Å². The number of ether oxygens (including phenoxy) is 3. The number of nitrogens with one attached hydrogen (secondary N) is 3. The summed E-state index contributed by atoms with van der Waals surface area (Å²) in [5, 5.41) is 11.3. The topological polar surface area (TPSA) is 180 Å². The van der Waals surface area contributed by atoms with Crippen molar-refractivity contribution in [2.45, 2.75) is 129 Å². The molecule has 4 heterocycles. The summed E-state index contributed by atoms with van der Waals surface area (Å²) in [4.78, 5) is 53.8. The third-order valence-corrected chi connectivity index (χ3v) is 14.0. The fourth-order valence-electron chi connectivity index (χ4n) is 7.68. The normalized spacial score (nSPS) is 24.7. The average molecular weight is 855 g/mol. The Bertz CT molecular complexity index is 2060. The van der Waals surface area contributed by atoms with Crippen molar-refractivity contribution in [3.05, 3.63) is 41.8 Å². The molecule has 1 saturated heterocycles. The number of allylic oxidation sites excluding steroid dienone is 1. The lowest BCUT2D eigenvalue weighted by Crippen LogP contribution is -2.55. The van der Waals surface area contributed by atoms with E-state index in [2.05, 4.69) is 16.0 Å². The van der Waals surface area contributed by atoms with Crippen LogP contribution in [0.1, 0.15) is 93.4 Å². The Labute approximate surface area is 350 Å². The van der Waals surface area contributed by atoms with Crippen LogP contribution in [0.25, 0.3) is 22.3 Å². The molecule has 3 N–H and O–H groups in total. The molecule has 0 spiro atoms. The van der Waals surface area contributed by atoms with Crippen LogP contribution in [0.3, 0.4) is 0 Å². The second-order valence-corrected chi connectivity index (χ2v) is 19.7. The quantitative estimate of drug-likeness (QED) is 0.118. The number of hydrogen-bond donors (Lipinski definition) is 3. The lowest BCUT2D eigenvalue weighted by Gasteiger charge is -2.32. The van der Waals surface area contributed by atoms with E-state index < -0.39 is 54.6 Å². The number of fused-ring (bicyclic) bond motifs is 3. The summed E-state index contributed by atoms with van der Waals surface area (Å²) in [5.74, 6) is -0.135. The molecule has 5 atom stereocenters. The molecule has 3 aliphatic rings. The molecule has 0 radical (unpaired) electrons. The number of aromatic nitrogens is 2. The van der Waals surface area contributed by atoms with Crippen molar-refractivity contribution in [1.82, 2.24) is 25.5 Å². The molecule has 1 aliphatic carbocycles. The van der Waals surface area contributed by atoms with Gasteiger partial charge in [-0.2, -0.15) is 0 Å². The van der Waals surface area contributed by atoms with Crippen molar-refractivity contribution >= 4 is 52.9 Å². The van der Waals surface area contributed by atoms with Gasteiger partial charge in [-0.3, -0.25) is 14.2 Å². The van der Waals surface area contributed by atoms with Gasteiger partial charge in [0.25, 0.3) is 0 Å². The second-order valence-electron chi connectivity index (χ2n) is 16.5. The van der Waals surface area contributed by atoms with Crippen LogP contribution in [0.4, 0.5) is 9.93 Å². The highest BCUT2D eigenvalue weighted by Gasteiger charge is 2.68. The summed E-state index contributed by atoms with van der Waals surface area (Å²) in [5.41, 5.74) is 1.06. The molecule has 2 fully saturated rings. The van der Waals surface area contributed by atoms with E-state index in [4.69, 9.17) is 33.2 Å². The van der Waals surface area contributed by atoms with E-state index in [1.807, 2.05) is 55.6 Å². The van der Waals surface area contributed by atoms with Crippen LogP contribution < -0.4 is 25.4 Å². The summed E-state index contributed by atoms with van der Waals surface area (Å²) >= 11 is 1.47. The van der Waals surface area contributed by atoms with E-state index >= 15 is 0 Å². The first-order valence-corrected chi connectivity index (χ1v) is 23.1. The number of carbonyl (C=O) groups excluding carboxylic acids is 3. The van der Waals surface area contributed by atoms with Gasteiger partial charge in [0.1, 0.15) is 46.3 Å². The van der Waals surface area contributed by atoms with Crippen LogP contribution in [-0.2, 0) is 27.9 Å². The molecule has 2 aliphatic heterocycles. The lowest BCUT2D eigenvalue weighted by atomic mass is 10.0. The maximum Gasteiger partial charge on any atom is 0.408 e. The molecule has 322 valence electrons. The molecule has 2 aromatic heterocycles. The van der Waals surface area contributed by atoms with Crippen LogP contribution in [0, 0.1) is 5.92 Å². The van der Waals surface area contributed by atoms with Crippen molar-refractivity contribution in [3.8, 4) is 22.9 Å². The summed E-state index contributed by atoms with van der Waals surface area (Å²) in [6.45, 7) is 13.1.